The highest BCUT2D eigenvalue weighted by atomic mass is 32.2. The Hall–Kier alpha value is -2.02. The van der Waals surface area contributed by atoms with Crippen molar-refractivity contribution in [3.05, 3.63) is 48.4 Å². The summed E-state index contributed by atoms with van der Waals surface area (Å²) in [6, 6.07) is 8.58. The maximum Gasteiger partial charge on any atom is 0.292 e. The molecule has 0 spiro atoms. The van der Waals surface area contributed by atoms with Crippen molar-refractivity contribution in [2.75, 3.05) is 4.53 Å². The van der Waals surface area contributed by atoms with Gasteiger partial charge in [-0.25, -0.2) is 9.97 Å². The Morgan fingerprint density at radius 2 is 1.80 bits per heavy atom. The van der Waals surface area contributed by atoms with Gasteiger partial charge in [0.25, 0.3) is 10.0 Å². The lowest BCUT2D eigenvalue weighted by Crippen LogP contribution is -2.23. The molecule has 0 atom stereocenters. The van der Waals surface area contributed by atoms with Gasteiger partial charge in [-0.2, -0.15) is 8.42 Å². The van der Waals surface area contributed by atoms with E-state index < -0.39 is 10.0 Å². The van der Waals surface area contributed by atoms with Crippen LogP contribution in [0.3, 0.4) is 0 Å². The number of hydrogen-bond acceptors (Lipinski definition) is 4. The highest BCUT2D eigenvalue weighted by molar-refractivity contribution is 7.92. The van der Waals surface area contributed by atoms with Gasteiger partial charge in [0, 0.05) is 18.2 Å². The van der Waals surface area contributed by atoms with Crippen molar-refractivity contribution in [2.45, 2.75) is 24.7 Å². The molecule has 0 bridgehead atoms. The minimum atomic E-state index is -4.26. The van der Waals surface area contributed by atoms with Crippen molar-refractivity contribution in [3.63, 3.8) is 0 Å². The van der Waals surface area contributed by atoms with Gasteiger partial charge in [0.15, 0.2) is 5.82 Å². The number of sulfonamides is 1. The SMILES string of the molecule is CC(C)c1nccc(N(F)S(=O)(=O)c2ccccc2)n1. The third-order valence-electron chi connectivity index (χ3n) is 2.61. The van der Waals surface area contributed by atoms with Crippen LogP contribution in [0.5, 0.6) is 0 Å². The third kappa shape index (κ3) is 2.77. The number of benzene rings is 1. The summed E-state index contributed by atoms with van der Waals surface area (Å²) >= 11 is 0. The van der Waals surface area contributed by atoms with E-state index in [-0.39, 0.29) is 21.2 Å². The number of halogens is 1. The average Bonchev–Trinajstić information content (AvgIpc) is 2.47. The van der Waals surface area contributed by atoms with Crippen LogP contribution in [-0.4, -0.2) is 18.4 Å². The van der Waals surface area contributed by atoms with Crippen LogP contribution in [0.25, 0.3) is 0 Å². The molecule has 0 fully saturated rings. The van der Waals surface area contributed by atoms with Crippen molar-refractivity contribution in [1.82, 2.24) is 9.97 Å². The minimum Gasteiger partial charge on any atom is -0.241 e. The Bertz CT molecular complexity index is 690. The second-order valence-corrected chi connectivity index (χ2v) is 6.20. The first-order valence-electron chi connectivity index (χ1n) is 6.02. The van der Waals surface area contributed by atoms with E-state index in [0.29, 0.717) is 5.82 Å². The van der Waals surface area contributed by atoms with E-state index in [1.807, 2.05) is 13.8 Å². The normalized spacial score (nSPS) is 11.6. The molecular weight excluding hydrogens is 281 g/mol. The number of nitrogens with zero attached hydrogens (tertiary/aromatic N) is 3. The first kappa shape index (κ1) is 14.4. The van der Waals surface area contributed by atoms with Crippen LogP contribution in [0.15, 0.2) is 47.5 Å². The molecule has 0 amide bonds. The molecule has 0 saturated carbocycles. The quantitative estimate of drug-likeness (QED) is 0.814. The second kappa shape index (κ2) is 5.54. The fraction of sp³-hybridized carbons (Fsp3) is 0.231. The van der Waals surface area contributed by atoms with Gasteiger partial charge in [-0.3, -0.25) is 0 Å². The molecule has 0 N–H and O–H groups in total. The first-order valence-corrected chi connectivity index (χ1v) is 7.46. The van der Waals surface area contributed by atoms with Gasteiger partial charge >= 0.3 is 0 Å². The molecule has 0 aliphatic heterocycles. The lowest BCUT2D eigenvalue weighted by atomic mass is 10.2. The van der Waals surface area contributed by atoms with Gasteiger partial charge < -0.3 is 0 Å². The van der Waals surface area contributed by atoms with Crippen LogP contribution in [0, 0.1) is 0 Å². The first-order chi connectivity index (χ1) is 9.43. The Morgan fingerprint density at radius 1 is 1.15 bits per heavy atom. The summed E-state index contributed by atoms with van der Waals surface area (Å²) in [6.07, 6.45) is 1.34. The van der Waals surface area contributed by atoms with Crippen molar-refractivity contribution in [3.8, 4) is 0 Å². The Morgan fingerprint density at radius 3 is 2.40 bits per heavy atom. The fourth-order valence-electron chi connectivity index (χ4n) is 1.55. The number of rotatable bonds is 4. The monoisotopic (exact) mass is 295 g/mol. The highest BCUT2D eigenvalue weighted by Crippen LogP contribution is 2.23. The molecule has 106 valence electrons. The summed E-state index contributed by atoms with van der Waals surface area (Å²) in [6.45, 7) is 3.68. The average molecular weight is 295 g/mol. The van der Waals surface area contributed by atoms with E-state index in [4.69, 9.17) is 0 Å². The van der Waals surface area contributed by atoms with Crippen molar-refractivity contribution >= 4 is 15.8 Å². The standard InChI is InChI=1S/C13H14FN3O2S/c1-10(2)13-15-9-8-12(16-13)17(14)20(18,19)11-6-4-3-5-7-11/h3-10H,1-2H3. The molecule has 1 aromatic carbocycles. The van der Waals surface area contributed by atoms with Crippen molar-refractivity contribution < 1.29 is 12.9 Å². The van der Waals surface area contributed by atoms with E-state index in [1.165, 1.54) is 36.5 Å². The minimum absolute atomic E-state index is 0.0252. The molecule has 20 heavy (non-hydrogen) atoms. The van der Waals surface area contributed by atoms with E-state index in [9.17, 15) is 12.9 Å². The molecule has 7 heteroatoms. The maximum atomic E-state index is 14.2. The lowest BCUT2D eigenvalue weighted by Gasteiger charge is -2.14. The fourth-order valence-corrected chi connectivity index (χ4v) is 2.58. The summed E-state index contributed by atoms with van der Waals surface area (Å²) in [5.74, 6) is 0.0590. The maximum absolute atomic E-state index is 14.2. The van der Waals surface area contributed by atoms with E-state index in [2.05, 4.69) is 9.97 Å². The summed E-state index contributed by atoms with van der Waals surface area (Å²) in [7, 11) is -4.26. The predicted molar refractivity (Wildman–Crippen MR) is 73.3 cm³/mol. The number of aromatic nitrogens is 2. The molecular formula is C13H14FN3O2S. The van der Waals surface area contributed by atoms with E-state index >= 15 is 0 Å². The Balaban J connectivity index is 2.41. The largest absolute Gasteiger partial charge is 0.292 e. The summed E-state index contributed by atoms with van der Waals surface area (Å²) in [4.78, 5) is 7.77. The predicted octanol–water partition coefficient (Wildman–Crippen LogP) is 2.68. The Kier molecular flexibility index (Phi) is 3.99. The lowest BCUT2D eigenvalue weighted by molar-refractivity contribution is 0.489. The molecule has 1 heterocycles. The van der Waals surface area contributed by atoms with Crippen molar-refractivity contribution in [1.29, 1.82) is 0 Å². The van der Waals surface area contributed by atoms with Gasteiger partial charge in [0.2, 0.25) is 0 Å². The van der Waals surface area contributed by atoms with Gasteiger partial charge in [0.05, 0.1) is 4.90 Å². The molecule has 0 saturated heterocycles. The van der Waals surface area contributed by atoms with Gasteiger partial charge in [0.1, 0.15) is 5.82 Å². The molecule has 1 aromatic heterocycles. The topological polar surface area (TPSA) is 63.2 Å². The van der Waals surface area contributed by atoms with Crippen LogP contribution in [0.1, 0.15) is 25.6 Å². The van der Waals surface area contributed by atoms with Crippen LogP contribution in [-0.2, 0) is 10.0 Å². The zero-order valence-corrected chi connectivity index (χ0v) is 11.9. The summed E-state index contributed by atoms with van der Waals surface area (Å²) in [5, 5.41) is 0. The number of anilines is 1. The van der Waals surface area contributed by atoms with Gasteiger partial charge in [-0.05, 0) is 12.1 Å². The molecule has 0 unspecified atom stereocenters. The molecule has 0 radical (unpaired) electrons. The smallest absolute Gasteiger partial charge is 0.241 e. The molecule has 0 aliphatic carbocycles. The van der Waals surface area contributed by atoms with Crippen LogP contribution >= 0.6 is 0 Å². The van der Waals surface area contributed by atoms with E-state index in [1.54, 1.807) is 6.07 Å². The number of hydrogen-bond donors (Lipinski definition) is 0. The van der Waals surface area contributed by atoms with Crippen LogP contribution in [0.4, 0.5) is 10.3 Å². The van der Waals surface area contributed by atoms with Crippen LogP contribution < -0.4 is 4.53 Å². The van der Waals surface area contributed by atoms with Crippen LogP contribution in [0.2, 0.25) is 0 Å². The van der Waals surface area contributed by atoms with Gasteiger partial charge in [-0.15, -0.1) is 0 Å². The summed E-state index contributed by atoms with van der Waals surface area (Å²) < 4.78 is 38.1. The third-order valence-corrected chi connectivity index (χ3v) is 4.09. The Labute approximate surface area is 117 Å². The molecule has 5 nitrogen and oxygen atoms in total. The zero-order chi connectivity index (χ0) is 14.8. The second-order valence-electron chi connectivity index (χ2n) is 4.46. The molecule has 2 rings (SSSR count). The molecule has 2 aromatic rings. The molecule has 0 aliphatic rings. The summed E-state index contributed by atoms with van der Waals surface area (Å²) in [5.41, 5.74) is 0. The van der Waals surface area contributed by atoms with Gasteiger partial charge in [-0.1, -0.05) is 41.1 Å². The van der Waals surface area contributed by atoms with Crippen molar-refractivity contribution in [2.24, 2.45) is 0 Å². The van der Waals surface area contributed by atoms with E-state index in [0.717, 1.165) is 0 Å². The highest BCUT2D eigenvalue weighted by Gasteiger charge is 2.26. The zero-order valence-electron chi connectivity index (χ0n) is 11.1.